The Kier molecular flexibility index (Phi) is 4.34. The predicted octanol–water partition coefficient (Wildman–Crippen LogP) is 1.39. The Morgan fingerprint density at radius 2 is 1.65 bits per heavy atom. The molecule has 0 fully saturated rings. The fraction of sp³-hybridized carbons (Fsp3) is 0.200. The first-order valence-electron chi connectivity index (χ1n) is 10.9. The molecule has 0 saturated carbocycles. The number of Topliss-reactive ketones (excluding diaryl/α,β-unsaturated/α-hetero) is 2. The zero-order chi connectivity index (χ0) is 26.5. The van der Waals surface area contributed by atoms with Crippen molar-refractivity contribution >= 4 is 28.1 Å². The lowest BCUT2D eigenvalue weighted by molar-refractivity contribution is -0.152. The van der Waals surface area contributed by atoms with E-state index in [0.717, 1.165) is 13.2 Å². The van der Waals surface area contributed by atoms with Crippen molar-refractivity contribution in [3.05, 3.63) is 62.4 Å². The van der Waals surface area contributed by atoms with E-state index in [2.05, 4.69) is 0 Å². The van der Waals surface area contributed by atoms with Crippen LogP contribution < -0.4 is 15.1 Å². The minimum Gasteiger partial charge on any atom is -0.506 e. The summed E-state index contributed by atoms with van der Waals surface area (Å²) in [6, 6.07) is 2.97. The third-order valence-corrected chi connectivity index (χ3v) is 6.66. The fourth-order valence-electron chi connectivity index (χ4n) is 4.99. The number of rotatable bonds is 1. The molecule has 37 heavy (non-hydrogen) atoms. The van der Waals surface area contributed by atoms with Gasteiger partial charge in [0.15, 0.2) is 34.5 Å². The fourth-order valence-corrected chi connectivity index (χ4v) is 4.99. The van der Waals surface area contributed by atoms with Crippen molar-refractivity contribution in [1.82, 2.24) is 0 Å². The average Bonchev–Trinajstić information content (AvgIpc) is 3.13. The maximum Gasteiger partial charge on any atom is 0.347 e. The van der Waals surface area contributed by atoms with Gasteiger partial charge in [-0.2, -0.15) is 0 Å². The number of hydrogen-bond donors (Lipinski definition) is 4. The number of phenols is 3. The first kappa shape index (κ1) is 22.6. The number of ether oxygens (including phenoxy) is 3. The van der Waals surface area contributed by atoms with E-state index in [9.17, 15) is 39.6 Å². The van der Waals surface area contributed by atoms with Gasteiger partial charge in [0.05, 0.1) is 18.2 Å². The summed E-state index contributed by atoms with van der Waals surface area (Å²) >= 11 is 0. The van der Waals surface area contributed by atoms with Crippen LogP contribution in [-0.2, 0) is 11.2 Å². The molecule has 0 bridgehead atoms. The number of carbonyl (C=O) groups is 3. The predicted molar refractivity (Wildman–Crippen MR) is 120 cm³/mol. The van der Waals surface area contributed by atoms with E-state index in [4.69, 9.17) is 18.6 Å². The summed E-state index contributed by atoms with van der Waals surface area (Å²) in [5, 5.41) is 43.6. The third kappa shape index (κ3) is 2.69. The first-order valence-corrected chi connectivity index (χ1v) is 10.9. The van der Waals surface area contributed by atoms with E-state index in [-0.39, 0.29) is 28.9 Å². The van der Waals surface area contributed by atoms with E-state index in [1.165, 1.54) is 12.1 Å². The molecule has 1 aromatic heterocycles. The minimum atomic E-state index is -2.63. The van der Waals surface area contributed by atoms with Gasteiger partial charge in [-0.1, -0.05) is 0 Å². The van der Waals surface area contributed by atoms with Gasteiger partial charge in [-0.3, -0.25) is 14.4 Å². The smallest absolute Gasteiger partial charge is 0.347 e. The molecule has 0 radical (unpaired) electrons. The molecule has 2 unspecified atom stereocenters. The van der Waals surface area contributed by atoms with Gasteiger partial charge >= 0.3 is 11.4 Å². The number of benzene rings is 2. The van der Waals surface area contributed by atoms with Crippen molar-refractivity contribution in [2.24, 2.45) is 0 Å². The standard InChI is InChI=1S/C25H16O12/c1-7-3-8-4-9-5-12(27)25(36-21(9)19(30)13(8)24(33)35-7)23(32)16-18(29)14-10(26)6-11(34-2)17(28)15(14)20(31)22(16)37-25/h3-4,6,12,27,29-31H,5H2,1-2H3. The largest absolute Gasteiger partial charge is 0.506 e. The number of aromatic hydroxyl groups is 3. The van der Waals surface area contributed by atoms with Crippen LogP contribution in [0.5, 0.6) is 28.7 Å². The van der Waals surface area contributed by atoms with E-state index < -0.39 is 80.3 Å². The highest BCUT2D eigenvalue weighted by Crippen LogP contribution is 2.55. The number of aliphatic hydroxyl groups excluding tert-OH is 1. The van der Waals surface area contributed by atoms with Crippen LogP contribution >= 0.6 is 0 Å². The number of aryl methyl sites for hydroxylation is 1. The number of hydrogen-bond acceptors (Lipinski definition) is 12. The van der Waals surface area contributed by atoms with Crippen LogP contribution in [0.3, 0.4) is 0 Å². The zero-order valence-electron chi connectivity index (χ0n) is 19.1. The van der Waals surface area contributed by atoms with Gasteiger partial charge in [-0.05, 0) is 24.4 Å². The van der Waals surface area contributed by atoms with Crippen LogP contribution in [0.25, 0.3) is 10.8 Å². The Morgan fingerprint density at radius 1 is 0.946 bits per heavy atom. The quantitative estimate of drug-likeness (QED) is 0.346. The lowest BCUT2D eigenvalue weighted by atomic mass is 9.86. The Balaban J connectivity index is 1.54. The number of aliphatic hydroxyl groups is 1. The second kappa shape index (κ2) is 7.11. The zero-order valence-corrected chi connectivity index (χ0v) is 19.1. The summed E-state index contributed by atoms with van der Waals surface area (Å²) in [6.45, 7) is 1.54. The number of allylic oxidation sites excluding steroid dienone is 2. The summed E-state index contributed by atoms with van der Waals surface area (Å²) in [4.78, 5) is 51.3. The van der Waals surface area contributed by atoms with Crippen LogP contribution in [0.15, 0.2) is 33.2 Å². The first-order chi connectivity index (χ1) is 17.5. The second-order valence-corrected chi connectivity index (χ2v) is 8.80. The number of methoxy groups -OCH3 is 1. The van der Waals surface area contributed by atoms with Crippen LogP contribution in [0.4, 0.5) is 0 Å². The number of ketones is 3. The highest BCUT2D eigenvalue weighted by atomic mass is 16.7. The molecule has 12 nitrogen and oxygen atoms in total. The molecule has 1 spiro atoms. The van der Waals surface area contributed by atoms with Crippen molar-refractivity contribution in [3.63, 3.8) is 0 Å². The van der Waals surface area contributed by atoms with Gasteiger partial charge in [0.1, 0.15) is 28.6 Å². The Morgan fingerprint density at radius 3 is 2.35 bits per heavy atom. The molecule has 3 heterocycles. The summed E-state index contributed by atoms with van der Waals surface area (Å²) in [7, 11) is 1.13. The normalized spacial score (nSPS) is 21.8. The van der Waals surface area contributed by atoms with Gasteiger partial charge in [-0.15, -0.1) is 0 Å². The Bertz CT molecular complexity index is 1730. The molecule has 12 heteroatoms. The van der Waals surface area contributed by atoms with Crippen LogP contribution in [0, 0.1) is 6.92 Å². The molecule has 6 rings (SSSR count). The monoisotopic (exact) mass is 508 g/mol. The molecule has 3 aliphatic rings. The van der Waals surface area contributed by atoms with Gasteiger partial charge in [0.25, 0.3) is 5.78 Å². The summed E-state index contributed by atoms with van der Waals surface area (Å²) < 4.78 is 21.2. The molecule has 4 N–H and O–H groups in total. The van der Waals surface area contributed by atoms with E-state index in [1.807, 2.05) is 0 Å². The van der Waals surface area contributed by atoms with Gasteiger partial charge in [-0.25, -0.2) is 4.79 Å². The highest BCUT2D eigenvalue weighted by molar-refractivity contribution is 6.28. The number of fused-ring (bicyclic) bond motifs is 4. The van der Waals surface area contributed by atoms with Gasteiger partial charge in [0, 0.05) is 18.1 Å². The van der Waals surface area contributed by atoms with Gasteiger partial charge in [0.2, 0.25) is 5.78 Å². The summed E-state index contributed by atoms with van der Waals surface area (Å²) in [5.41, 5.74) is -2.65. The molecule has 2 atom stereocenters. The van der Waals surface area contributed by atoms with Crippen molar-refractivity contribution in [3.8, 4) is 28.7 Å². The van der Waals surface area contributed by atoms with Crippen LogP contribution in [0.2, 0.25) is 0 Å². The van der Waals surface area contributed by atoms with Crippen molar-refractivity contribution in [2.45, 2.75) is 25.2 Å². The molecule has 2 aromatic carbocycles. The Hall–Kier alpha value is -4.84. The average molecular weight is 508 g/mol. The lowest BCUT2D eigenvalue weighted by Gasteiger charge is -2.37. The number of carbonyl (C=O) groups excluding carboxylic acids is 3. The van der Waals surface area contributed by atoms with Crippen LogP contribution in [0.1, 0.15) is 42.4 Å². The molecular weight excluding hydrogens is 492 g/mol. The SMILES string of the molecule is COC1=CC(=O)c2c(O)c3c(c(O)c2C1=O)OC1(Oc2c(cc4cc(C)oc(=O)c4c2O)CC1O)C3=O. The van der Waals surface area contributed by atoms with E-state index in [1.54, 1.807) is 6.92 Å². The molecule has 3 aromatic rings. The number of phenolic OH excluding ortho intramolecular Hbond substituents is 3. The highest BCUT2D eigenvalue weighted by Gasteiger charge is 2.61. The van der Waals surface area contributed by atoms with Crippen molar-refractivity contribution < 1.29 is 53.4 Å². The van der Waals surface area contributed by atoms with Crippen molar-refractivity contribution in [1.29, 1.82) is 0 Å². The topological polar surface area (TPSA) is 190 Å². The molecule has 0 amide bonds. The van der Waals surface area contributed by atoms with Crippen molar-refractivity contribution in [2.75, 3.05) is 7.11 Å². The third-order valence-electron chi connectivity index (χ3n) is 6.66. The Labute approximate surface area is 205 Å². The molecule has 1 aliphatic carbocycles. The summed E-state index contributed by atoms with van der Waals surface area (Å²) in [5.74, 6) is -9.49. The molecule has 0 saturated heterocycles. The second-order valence-electron chi connectivity index (χ2n) is 8.80. The van der Waals surface area contributed by atoms with E-state index in [0.29, 0.717) is 5.39 Å². The lowest BCUT2D eigenvalue weighted by Crippen LogP contribution is -2.58. The van der Waals surface area contributed by atoms with Crippen LogP contribution in [-0.4, -0.2) is 56.8 Å². The maximum absolute atomic E-state index is 13.6. The molecule has 188 valence electrons. The maximum atomic E-state index is 13.6. The minimum absolute atomic E-state index is 0.229. The molecule has 2 aliphatic heterocycles. The van der Waals surface area contributed by atoms with E-state index >= 15 is 0 Å². The van der Waals surface area contributed by atoms with Gasteiger partial charge < -0.3 is 39.1 Å². The summed E-state index contributed by atoms with van der Waals surface area (Å²) in [6.07, 6.45) is -1.26. The molecular formula is C25H16O12.